The number of rotatable bonds is 7. The number of thiophene rings is 1. The Morgan fingerprint density at radius 1 is 1.33 bits per heavy atom. The second kappa shape index (κ2) is 7.04. The smallest absolute Gasteiger partial charge is 0.244 e. The number of hydrogen-bond acceptors (Lipinski definition) is 5. The highest BCUT2D eigenvalue weighted by Gasteiger charge is 2.19. The molecule has 0 saturated carbocycles. The summed E-state index contributed by atoms with van der Waals surface area (Å²) in [5.74, 6) is 0.227. The van der Waals surface area contributed by atoms with Crippen molar-refractivity contribution in [3.63, 3.8) is 0 Å². The van der Waals surface area contributed by atoms with Crippen LogP contribution in [0.5, 0.6) is 5.75 Å². The van der Waals surface area contributed by atoms with Gasteiger partial charge in [-0.05, 0) is 35.6 Å². The first-order valence-electron chi connectivity index (χ1n) is 6.36. The van der Waals surface area contributed by atoms with E-state index in [1.54, 1.807) is 17.4 Å². The quantitative estimate of drug-likeness (QED) is 0.813. The summed E-state index contributed by atoms with van der Waals surface area (Å²) < 4.78 is 32.2. The van der Waals surface area contributed by atoms with E-state index in [1.165, 1.54) is 19.2 Å². The number of aliphatic hydroxyl groups is 1. The largest absolute Gasteiger partial charge is 0.495 e. The maximum Gasteiger partial charge on any atom is 0.244 e. The van der Waals surface area contributed by atoms with Crippen LogP contribution in [0.3, 0.4) is 0 Å². The molecule has 0 aliphatic carbocycles. The average molecular weight is 327 g/mol. The van der Waals surface area contributed by atoms with E-state index in [0.29, 0.717) is 18.5 Å². The van der Waals surface area contributed by atoms with Crippen molar-refractivity contribution in [3.8, 4) is 5.75 Å². The fourth-order valence-corrected chi connectivity index (χ4v) is 3.76. The molecule has 5 nitrogen and oxygen atoms in total. The fraction of sp³-hybridized carbons (Fsp3) is 0.286. The van der Waals surface area contributed by atoms with Gasteiger partial charge in [-0.3, -0.25) is 0 Å². The molecule has 0 bridgehead atoms. The van der Waals surface area contributed by atoms with Gasteiger partial charge in [0.05, 0.1) is 13.7 Å². The van der Waals surface area contributed by atoms with Crippen molar-refractivity contribution < 1.29 is 18.3 Å². The third-order valence-electron chi connectivity index (χ3n) is 2.94. The first-order valence-corrected chi connectivity index (χ1v) is 8.73. The van der Waals surface area contributed by atoms with Crippen molar-refractivity contribution in [1.82, 2.24) is 4.72 Å². The molecule has 0 spiro atoms. The predicted molar refractivity (Wildman–Crippen MR) is 82.1 cm³/mol. The molecule has 0 amide bonds. The Morgan fingerprint density at radius 2 is 2.14 bits per heavy atom. The van der Waals surface area contributed by atoms with Gasteiger partial charge < -0.3 is 9.84 Å². The molecule has 0 aliphatic rings. The Hall–Kier alpha value is -1.41. The number of ether oxygens (including phenoxy) is 1. The van der Waals surface area contributed by atoms with Crippen LogP contribution in [0.15, 0.2) is 40.6 Å². The molecule has 0 aliphatic heterocycles. The average Bonchev–Trinajstić information content (AvgIpc) is 2.99. The number of nitrogens with one attached hydrogen (secondary N) is 1. The van der Waals surface area contributed by atoms with E-state index < -0.39 is 10.0 Å². The standard InChI is InChI=1S/C14H17NO4S2/c1-19-13-9-11(10-16)4-5-14(13)21(17,18)15-7-6-12-3-2-8-20-12/h2-5,8-9,15-16H,6-7,10H2,1H3. The van der Waals surface area contributed by atoms with Crippen LogP contribution in [0.4, 0.5) is 0 Å². The summed E-state index contributed by atoms with van der Waals surface area (Å²) in [7, 11) is -2.23. The Morgan fingerprint density at radius 3 is 2.76 bits per heavy atom. The van der Waals surface area contributed by atoms with Gasteiger partial charge in [0, 0.05) is 11.4 Å². The topological polar surface area (TPSA) is 75.6 Å². The van der Waals surface area contributed by atoms with E-state index in [0.717, 1.165) is 4.88 Å². The molecule has 0 radical (unpaired) electrons. The summed E-state index contributed by atoms with van der Waals surface area (Å²) in [4.78, 5) is 1.20. The molecule has 2 aromatic rings. The predicted octanol–water partition coefficient (Wildman–Crippen LogP) is 1.77. The zero-order chi connectivity index (χ0) is 15.3. The molecule has 0 unspecified atom stereocenters. The van der Waals surface area contributed by atoms with E-state index >= 15 is 0 Å². The lowest BCUT2D eigenvalue weighted by Crippen LogP contribution is -2.26. The van der Waals surface area contributed by atoms with Gasteiger partial charge in [-0.25, -0.2) is 13.1 Å². The molecule has 0 saturated heterocycles. The van der Waals surface area contributed by atoms with Gasteiger partial charge in [-0.1, -0.05) is 12.1 Å². The van der Waals surface area contributed by atoms with Crippen LogP contribution in [-0.2, 0) is 23.1 Å². The normalized spacial score (nSPS) is 11.5. The molecule has 21 heavy (non-hydrogen) atoms. The Balaban J connectivity index is 2.11. The lowest BCUT2D eigenvalue weighted by atomic mass is 10.2. The van der Waals surface area contributed by atoms with Crippen LogP contribution in [0.25, 0.3) is 0 Å². The van der Waals surface area contributed by atoms with E-state index in [-0.39, 0.29) is 17.3 Å². The maximum absolute atomic E-state index is 12.3. The second-order valence-corrected chi connectivity index (χ2v) is 7.14. The minimum absolute atomic E-state index is 0.0772. The molecule has 7 heteroatoms. The van der Waals surface area contributed by atoms with E-state index in [9.17, 15) is 8.42 Å². The van der Waals surface area contributed by atoms with Gasteiger partial charge in [-0.2, -0.15) is 0 Å². The van der Waals surface area contributed by atoms with Gasteiger partial charge >= 0.3 is 0 Å². The third kappa shape index (κ3) is 4.04. The van der Waals surface area contributed by atoms with Gasteiger partial charge in [-0.15, -0.1) is 11.3 Å². The van der Waals surface area contributed by atoms with Gasteiger partial charge in [0.15, 0.2) is 0 Å². The molecule has 0 atom stereocenters. The molecule has 0 fully saturated rings. The zero-order valence-electron chi connectivity index (χ0n) is 11.6. The summed E-state index contributed by atoms with van der Waals surface area (Å²) in [6, 6.07) is 8.43. The van der Waals surface area contributed by atoms with Crippen LogP contribution in [0.1, 0.15) is 10.4 Å². The highest BCUT2D eigenvalue weighted by atomic mass is 32.2. The summed E-state index contributed by atoms with van der Waals surface area (Å²) in [6.45, 7) is 0.163. The molecule has 114 valence electrons. The highest BCUT2D eigenvalue weighted by molar-refractivity contribution is 7.89. The Labute approximate surface area is 128 Å². The molecular weight excluding hydrogens is 310 g/mol. The molecule has 2 N–H and O–H groups in total. The SMILES string of the molecule is COc1cc(CO)ccc1S(=O)(=O)NCCc1cccs1. The van der Waals surface area contributed by atoms with Gasteiger partial charge in [0.2, 0.25) is 10.0 Å². The van der Waals surface area contributed by atoms with Crippen molar-refractivity contribution in [1.29, 1.82) is 0 Å². The van der Waals surface area contributed by atoms with Crippen molar-refractivity contribution >= 4 is 21.4 Å². The summed E-state index contributed by atoms with van der Waals surface area (Å²) in [6.07, 6.45) is 0.647. The Kier molecular flexibility index (Phi) is 5.35. The van der Waals surface area contributed by atoms with Crippen LogP contribution in [0.2, 0.25) is 0 Å². The number of benzene rings is 1. The van der Waals surface area contributed by atoms with Crippen LogP contribution in [-0.4, -0.2) is 27.2 Å². The molecule has 1 aromatic carbocycles. The molecule has 2 rings (SSSR count). The van der Waals surface area contributed by atoms with Crippen molar-refractivity contribution in [2.24, 2.45) is 0 Å². The van der Waals surface area contributed by atoms with Crippen molar-refractivity contribution in [2.45, 2.75) is 17.9 Å². The van der Waals surface area contributed by atoms with E-state index in [4.69, 9.17) is 9.84 Å². The summed E-state index contributed by atoms with van der Waals surface area (Å²) >= 11 is 1.59. The Bertz CT molecular complexity index is 681. The minimum Gasteiger partial charge on any atom is -0.495 e. The number of sulfonamides is 1. The number of aliphatic hydroxyl groups excluding tert-OH is 1. The van der Waals surface area contributed by atoms with Crippen LogP contribution in [0, 0.1) is 0 Å². The zero-order valence-corrected chi connectivity index (χ0v) is 13.2. The van der Waals surface area contributed by atoms with Crippen molar-refractivity contribution in [2.75, 3.05) is 13.7 Å². The van der Waals surface area contributed by atoms with Crippen LogP contribution >= 0.6 is 11.3 Å². The second-order valence-electron chi connectivity index (χ2n) is 4.37. The lowest BCUT2D eigenvalue weighted by Gasteiger charge is -2.11. The van der Waals surface area contributed by atoms with Gasteiger partial charge in [0.25, 0.3) is 0 Å². The first-order chi connectivity index (χ1) is 10.1. The van der Waals surface area contributed by atoms with E-state index in [1.807, 2.05) is 17.5 Å². The monoisotopic (exact) mass is 327 g/mol. The molecular formula is C14H17NO4S2. The summed E-state index contributed by atoms with van der Waals surface area (Å²) in [5.41, 5.74) is 0.601. The van der Waals surface area contributed by atoms with Gasteiger partial charge in [0.1, 0.15) is 10.6 Å². The van der Waals surface area contributed by atoms with Crippen LogP contribution < -0.4 is 9.46 Å². The first kappa shape index (κ1) is 16.0. The van der Waals surface area contributed by atoms with E-state index in [2.05, 4.69) is 4.72 Å². The minimum atomic E-state index is -3.63. The highest BCUT2D eigenvalue weighted by Crippen LogP contribution is 2.25. The lowest BCUT2D eigenvalue weighted by molar-refractivity contribution is 0.280. The molecule has 1 heterocycles. The van der Waals surface area contributed by atoms with Crippen molar-refractivity contribution in [3.05, 3.63) is 46.2 Å². The number of hydrogen-bond donors (Lipinski definition) is 2. The fourth-order valence-electron chi connectivity index (χ4n) is 1.87. The maximum atomic E-state index is 12.3. The molecule has 1 aromatic heterocycles. The third-order valence-corrected chi connectivity index (χ3v) is 5.38. The summed E-state index contributed by atoms with van der Waals surface area (Å²) in [5, 5.41) is 11.0. The number of methoxy groups -OCH3 is 1.